The van der Waals surface area contributed by atoms with E-state index >= 15 is 0 Å². The van der Waals surface area contributed by atoms with Gasteiger partial charge in [-0.25, -0.2) is 4.79 Å². The minimum Gasteiger partial charge on any atom is -0.447 e. The van der Waals surface area contributed by atoms with Crippen LogP contribution in [0.2, 0.25) is 0 Å². The fourth-order valence-corrected chi connectivity index (χ4v) is 3.23. The number of hydrogen-bond donors (Lipinski definition) is 1. The molecule has 0 unspecified atom stereocenters. The van der Waals surface area contributed by atoms with E-state index in [9.17, 15) is 4.79 Å². The van der Waals surface area contributed by atoms with Gasteiger partial charge in [0.05, 0.1) is 12.2 Å². The highest BCUT2D eigenvalue weighted by molar-refractivity contribution is 5.97. The summed E-state index contributed by atoms with van der Waals surface area (Å²) in [5, 5.41) is 0. The maximum atomic E-state index is 12.1. The zero-order chi connectivity index (χ0) is 16.5. The number of H-pyrrole nitrogens is 1. The Kier molecular flexibility index (Phi) is 3.58. The summed E-state index contributed by atoms with van der Waals surface area (Å²) in [4.78, 5) is 17.2. The number of benzene rings is 2. The lowest BCUT2D eigenvalue weighted by Gasteiger charge is -2.14. The van der Waals surface area contributed by atoms with Crippen molar-refractivity contribution < 1.29 is 9.53 Å². The van der Waals surface area contributed by atoms with Crippen molar-refractivity contribution in [3.05, 3.63) is 66.2 Å². The number of hydrogen-bond acceptors (Lipinski definition) is 2. The molecule has 120 valence electrons. The maximum Gasteiger partial charge on any atom is 0.415 e. The van der Waals surface area contributed by atoms with Crippen molar-refractivity contribution in [1.82, 2.24) is 4.98 Å². The average molecular weight is 318 g/mol. The first-order valence-electron chi connectivity index (χ1n) is 8.03. The Morgan fingerprint density at radius 2 is 1.58 bits per heavy atom. The molecule has 4 heteroatoms. The topological polar surface area (TPSA) is 45.3 Å². The van der Waals surface area contributed by atoms with Crippen LogP contribution >= 0.6 is 0 Å². The number of carbonyl (C=O) groups is 1. The van der Waals surface area contributed by atoms with Crippen molar-refractivity contribution in [3.63, 3.8) is 0 Å². The summed E-state index contributed by atoms with van der Waals surface area (Å²) >= 11 is 0. The van der Waals surface area contributed by atoms with Crippen LogP contribution in [-0.2, 0) is 4.74 Å². The van der Waals surface area contributed by atoms with E-state index in [1.165, 1.54) is 0 Å². The van der Waals surface area contributed by atoms with E-state index in [1.54, 1.807) is 4.90 Å². The van der Waals surface area contributed by atoms with E-state index in [0.717, 1.165) is 33.8 Å². The molecule has 1 aliphatic rings. The van der Waals surface area contributed by atoms with Gasteiger partial charge in [0.1, 0.15) is 12.4 Å². The SMILES string of the molecule is Cc1c(-c2ccccc2)[nH]c(N2CCOC2=O)c1-c1ccccc1. The molecule has 2 aromatic carbocycles. The number of nitrogens with one attached hydrogen (secondary N) is 1. The first-order valence-corrected chi connectivity index (χ1v) is 8.03. The zero-order valence-corrected chi connectivity index (χ0v) is 13.5. The van der Waals surface area contributed by atoms with Crippen molar-refractivity contribution in [2.24, 2.45) is 0 Å². The number of aromatic nitrogens is 1. The maximum absolute atomic E-state index is 12.1. The monoisotopic (exact) mass is 318 g/mol. The molecule has 0 spiro atoms. The van der Waals surface area contributed by atoms with Crippen LogP contribution in [0.4, 0.5) is 10.6 Å². The van der Waals surface area contributed by atoms with Crippen molar-refractivity contribution in [1.29, 1.82) is 0 Å². The Bertz CT molecular complexity index is 869. The van der Waals surface area contributed by atoms with Crippen LogP contribution in [0, 0.1) is 6.92 Å². The van der Waals surface area contributed by atoms with Gasteiger partial charge in [0, 0.05) is 5.56 Å². The lowest BCUT2D eigenvalue weighted by atomic mass is 10.0. The molecule has 24 heavy (non-hydrogen) atoms. The predicted octanol–water partition coefficient (Wildman–Crippen LogP) is 4.61. The molecule has 1 aromatic heterocycles. The third-order valence-electron chi connectivity index (χ3n) is 4.39. The van der Waals surface area contributed by atoms with Crippen LogP contribution in [0.15, 0.2) is 60.7 Å². The Morgan fingerprint density at radius 1 is 0.958 bits per heavy atom. The van der Waals surface area contributed by atoms with Crippen LogP contribution < -0.4 is 4.90 Å². The standard InChI is InChI=1S/C20H18N2O2/c1-14-17(15-8-4-2-5-9-15)19(22-12-13-24-20(22)23)21-18(14)16-10-6-3-7-11-16/h2-11,21H,12-13H2,1H3. The van der Waals surface area contributed by atoms with E-state index in [0.29, 0.717) is 13.2 Å². The van der Waals surface area contributed by atoms with Crippen LogP contribution in [0.3, 0.4) is 0 Å². The molecule has 1 fully saturated rings. The lowest BCUT2D eigenvalue weighted by Crippen LogP contribution is -2.24. The Balaban J connectivity index is 1.93. The summed E-state index contributed by atoms with van der Waals surface area (Å²) < 4.78 is 5.13. The second-order valence-electron chi connectivity index (χ2n) is 5.85. The fraction of sp³-hybridized carbons (Fsp3) is 0.150. The van der Waals surface area contributed by atoms with E-state index in [-0.39, 0.29) is 6.09 Å². The highest BCUT2D eigenvalue weighted by Crippen LogP contribution is 2.40. The fourth-order valence-electron chi connectivity index (χ4n) is 3.23. The number of ether oxygens (including phenoxy) is 1. The second-order valence-corrected chi connectivity index (χ2v) is 5.85. The molecule has 0 saturated carbocycles. The van der Waals surface area contributed by atoms with Gasteiger partial charge in [-0.3, -0.25) is 4.90 Å². The van der Waals surface area contributed by atoms with Gasteiger partial charge in [0.25, 0.3) is 0 Å². The highest BCUT2D eigenvalue weighted by atomic mass is 16.6. The van der Waals surface area contributed by atoms with Gasteiger partial charge >= 0.3 is 6.09 Å². The third-order valence-corrected chi connectivity index (χ3v) is 4.39. The number of aromatic amines is 1. The van der Waals surface area contributed by atoms with E-state index < -0.39 is 0 Å². The molecule has 2 heterocycles. The quantitative estimate of drug-likeness (QED) is 0.766. The minimum absolute atomic E-state index is 0.298. The van der Waals surface area contributed by atoms with Crippen LogP contribution in [0.5, 0.6) is 0 Å². The second kappa shape index (κ2) is 5.89. The predicted molar refractivity (Wildman–Crippen MR) is 95.1 cm³/mol. The molecule has 0 atom stereocenters. The molecule has 4 nitrogen and oxygen atoms in total. The van der Waals surface area contributed by atoms with Gasteiger partial charge in [-0.1, -0.05) is 60.7 Å². The summed E-state index contributed by atoms with van der Waals surface area (Å²) in [6.07, 6.45) is -0.298. The number of amides is 1. The molecule has 0 bridgehead atoms. The van der Waals surface area contributed by atoms with Gasteiger partial charge < -0.3 is 9.72 Å². The molecular weight excluding hydrogens is 300 g/mol. The lowest BCUT2D eigenvalue weighted by molar-refractivity contribution is 0.181. The van der Waals surface area contributed by atoms with Gasteiger partial charge in [-0.2, -0.15) is 0 Å². The van der Waals surface area contributed by atoms with E-state index in [4.69, 9.17) is 4.74 Å². The van der Waals surface area contributed by atoms with Crippen molar-refractivity contribution in [2.45, 2.75) is 6.92 Å². The zero-order valence-electron chi connectivity index (χ0n) is 13.5. The molecule has 3 aromatic rings. The van der Waals surface area contributed by atoms with Crippen LogP contribution in [-0.4, -0.2) is 24.2 Å². The highest BCUT2D eigenvalue weighted by Gasteiger charge is 2.29. The van der Waals surface area contributed by atoms with Gasteiger partial charge in [0.15, 0.2) is 0 Å². The smallest absolute Gasteiger partial charge is 0.415 e. The minimum atomic E-state index is -0.298. The van der Waals surface area contributed by atoms with Crippen molar-refractivity contribution >= 4 is 11.9 Å². The molecule has 4 rings (SSSR count). The molecule has 1 amide bonds. The molecule has 0 aliphatic carbocycles. The number of rotatable bonds is 3. The van der Waals surface area contributed by atoms with Crippen LogP contribution in [0.25, 0.3) is 22.4 Å². The van der Waals surface area contributed by atoms with Gasteiger partial charge in [-0.05, 0) is 23.6 Å². The van der Waals surface area contributed by atoms with Crippen molar-refractivity contribution in [2.75, 3.05) is 18.1 Å². The van der Waals surface area contributed by atoms with E-state index in [1.807, 2.05) is 36.4 Å². The number of carbonyl (C=O) groups excluding carboxylic acids is 1. The molecule has 1 saturated heterocycles. The molecule has 0 radical (unpaired) electrons. The van der Waals surface area contributed by atoms with Crippen molar-refractivity contribution in [3.8, 4) is 22.4 Å². The summed E-state index contributed by atoms with van der Waals surface area (Å²) in [6.45, 7) is 3.07. The molecule has 1 N–H and O–H groups in total. The molecule has 1 aliphatic heterocycles. The van der Waals surface area contributed by atoms with Gasteiger partial charge in [-0.15, -0.1) is 0 Å². The number of anilines is 1. The summed E-state index contributed by atoms with van der Waals surface area (Å²) in [5.41, 5.74) is 5.40. The average Bonchev–Trinajstić information content (AvgIpc) is 3.19. The summed E-state index contributed by atoms with van der Waals surface area (Å²) in [7, 11) is 0. The number of cyclic esters (lactones) is 1. The van der Waals surface area contributed by atoms with E-state index in [2.05, 4.69) is 36.2 Å². The number of nitrogens with zero attached hydrogens (tertiary/aromatic N) is 1. The Labute approximate surface area is 140 Å². The van der Waals surface area contributed by atoms with Gasteiger partial charge in [0.2, 0.25) is 0 Å². The third kappa shape index (κ3) is 2.36. The van der Waals surface area contributed by atoms with Crippen LogP contribution in [0.1, 0.15) is 5.56 Å². The first-order chi connectivity index (χ1) is 11.8. The Hall–Kier alpha value is -3.01. The first kappa shape index (κ1) is 14.6. The normalized spacial score (nSPS) is 14.0. The summed E-state index contributed by atoms with van der Waals surface area (Å²) in [6, 6.07) is 20.3. The molecular formula is C20H18N2O2. The Morgan fingerprint density at radius 3 is 2.17 bits per heavy atom. The summed E-state index contributed by atoms with van der Waals surface area (Å²) in [5.74, 6) is 0.806. The largest absolute Gasteiger partial charge is 0.447 e.